The van der Waals surface area contributed by atoms with Crippen molar-refractivity contribution in [3.8, 4) is 17.6 Å². The molecular formula is C13H14N2O2. The number of allylic oxidation sites excluding steroid dienone is 1. The minimum Gasteiger partial charge on any atom is -0.508 e. The molecule has 1 atom stereocenters. The molecule has 0 bridgehead atoms. The first-order valence-corrected chi connectivity index (χ1v) is 5.57. The molecule has 1 aromatic rings. The van der Waals surface area contributed by atoms with Gasteiger partial charge in [-0.25, -0.2) is 0 Å². The molecule has 0 saturated heterocycles. The van der Waals surface area contributed by atoms with Gasteiger partial charge in [-0.1, -0.05) is 19.4 Å². The van der Waals surface area contributed by atoms with Crippen LogP contribution in [0.15, 0.2) is 29.7 Å². The zero-order chi connectivity index (χ0) is 12.4. The van der Waals surface area contributed by atoms with Crippen molar-refractivity contribution >= 4 is 0 Å². The van der Waals surface area contributed by atoms with E-state index in [1.165, 1.54) is 6.07 Å². The van der Waals surface area contributed by atoms with Gasteiger partial charge in [-0.05, 0) is 12.5 Å². The Labute approximate surface area is 99.9 Å². The molecule has 0 unspecified atom stereocenters. The van der Waals surface area contributed by atoms with Crippen LogP contribution in [0.1, 0.15) is 31.2 Å². The lowest BCUT2D eigenvalue weighted by Gasteiger charge is -2.25. The maximum absolute atomic E-state index is 9.41. The number of benzene rings is 1. The molecule has 2 rings (SSSR count). The van der Waals surface area contributed by atoms with Gasteiger partial charge in [0.05, 0.1) is 5.57 Å². The largest absolute Gasteiger partial charge is 0.508 e. The van der Waals surface area contributed by atoms with Gasteiger partial charge in [0.1, 0.15) is 17.6 Å². The van der Waals surface area contributed by atoms with E-state index in [9.17, 15) is 5.11 Å². The third-order valence-corrected chi connectivity index (χ3v) is 2.90. The molecule has 0 spiro atoms. The van der Waals surface area contributed by atoms with Crippen molar-refractivity contribution in [2.24, 2.45) is 5.73 Å². The van der Waals surface area contributed by atoms with E-state index in [1.807, 2.05) is 0 Å². The quantitative estimate of drug-likeness (QED) is 0.817. The second-order valence-corrected chi connectivity index (χ2v) is 4.06. The van der Waals surface area contributed by atoms with Crippen LogP contribution in [0.5, 0.6) is 11.5 Å². The highest BCUT2D eigenvalue weighted by Gasteiger charge is 2.28. The molecule has 3 N–H and O–H groups in total. The van der Waals surface area contributed by atoms with E-state index in [2.05, 4.69) is 13.0 Å². The predicted octanol–water partition coefficient (Wildman–Crippen LogP) is 2.36. The fourth-order valence-corrected chi connectivity index (χ4v) is 2.12. The molecule has 88 valence electrons. The van der Waals surface area contributed by atoms with Crippen molar-refractivity contribution in [1.29, 1.82) is 5.26 Å². The molecule has 1 aromatic carbocycles. The molecule has 0 aromatic heterocycles. The van der Waals surface area contributed by atoms with E-state index in [1.54, 1.807) is 12.1 Å². The molecule has 1 aliphatic rings. The number of phenols is 1. The number of nitriles is 1. The first-order chi connectivity index (χ1) is 8.17. The molecule has 0 radical (unpaired) electrons. The molecule has 4 nitrogen and oxygen atoms in total. The Balaban J connectivity index is 2.52. The fraction of sp³-hybridized carbons (Fsp3) is 0.308. The number of hydrogen-bond acceptors (Lipinski definition) is 4. The molecule has 0 amide bonds. The van der Waals surface area contributed by atoms with Crippen LogP contribution in [0.2, 0.25) is 0 Å². The SMILES string of the molecule is CCC[C@@H]1C(C#N)=C(N)Oc2cc(O)ccc21. The Kier molecular flexibility index (Phi) is 2.92. The van der Waals surface area contributed by atoms with Gasteiger partial charge in [-0.15, -0.1) is 0 Å². The monoisotopic (exact) mass is 230 g/mol. The Morgan fingerprint density at radius 3 is 2.94 bits per heavy atom. The van der Waals surface area contributed by atoms with Gasteiger partial charge < -0.3 is 15.6 Å². The zero-order valence-corrected chi connectivity index (χ0v) is 9.60. The Bertz CT molecular complexity index is 515. The lowest BCUT2D eigenvalue weighted by atomic mass is 9.86. The van der Waals surface area contributed by atoms with Crippen molar-refractivity contribution in [2.75, 3.05) is 0 Å². The Morgan fingerprint density at radius 2 is 2.29 bits per heavy atom. The topological polar surface area (TPSA) is 79.3 Å². The Hall–Kier alpha value is -2.15. The summed E-state index contributed by atoms with van der Waals surface area (Å²) in [5, 5.41) is 18.5. The predicted molar refractivity (Wildman–Crippen MR) is 63.2 cm³/mol. The lowest BCUT2D eigenvalue weighted by molar-refractivity contribution is 0.380. The van der Waals surface area contributed by atoms with E-state index < -0.39 is 0 Å². The highest BCUT2D eigenvalue weighted by atomic mass is 16.5. The average molecular weight is 230 g/mol. The smallest absolute Gasteiger partial charge is 0.205 e. The third kappa shape index (κ3) is 1.92. The van der Waals surface area contributed by atoms with Gasteiger partial charge in [-0.3, -0.25) is 0 Å². The van der Waals surface area contributed by atoms with Crippen molar-refractivity contribution in [3.63, 3.8) is 0 Å². The summed E-state index contributed by atoms with van der Waals surface area (Å²) in [6.07, 6.45) is 1.79. The van der Waals surface area contributed by atoms with E-state index in [-0.39, 0.29) is 17.6 Å². The van der Waals surface area contributed by atoms with Crippen LogP contribution in [0.3, 0.4) is 0 Å². The maximum atomic E-state index is 9.41. The number of aromatic hydroxyl groups is 1. The number of hydrogen-bond donors (Lipinski definition) is 2. The molecule has 0 fully saturated rings. The Morgan fingerprint density at radius 1 is 1.53 bits per heavy atom. The minimum absolute atomic E-state index is 0.0330. The summed E-state index contributed by atoms with van der Waals surface area (Å²) < 4.78 is 5.37. The standard InChI is InChI=1S/C13H14N2O2/c1-2-3-9-10-5-4-8(16)6-12(10)17-13(15)11(9)7-14/h4-6,9,16H,2-3,15H2,1H3/t9-/m0/s1. The van der Waals surface area contributed by atoms with Crippen LogP contribution >= 0.6 is 0 Å². The van der Waals surface area contributed by atoms with Crippen LogP contribution in [0, 0.1) is 11.3 Å². The van der Waals surface area contributed by atoms with E-state index in [4.69, 9.17) is 15.7 Å². The summed E-state index contributed by atoms with van der Waals surface area (Å²) in [5.74, 6) is 0.783. The highest BCUT2D eigenvalue weighted by molar-refractivity contribution is 5.51. The molecule has 1 heterocycles. The summed E-state index contributed by atoms with van der Waals surface area (Å²) in [7, 11) is 0. The van der Waals surface area contributed by atoms with Gasteiger partial charge in [0, 0.05) is 17.5 Å². The van der Waals surface area contributed by atoms with Crippen LogP contribution < -0.4 is 10.5 Å². The number of nitrogens with two attached hydrogens (primary N) is 1. The van der Waals surface area contributed by atoms with Gasteiger partial charge >= 0.3 is 0 Å². The molecule has 4 heteroatoms. The average Bonchev–Trinajstić information content (AvgIpc) is 2.29. The highest BCUT2D eigenvalue weighted by Crippen LogP contribution is 2.41. The number of phenolic OH excluding ortho intramolecular Hbond substituents is 1. The second kappa shape index (κ2) is 4.38. The summed E-state index contributed by atoms with van der Waals surface area (Å²) in [6, 6.07) is 7.02. The molecule has 17 heavy (non-hydrogen) atoms. The number of fused-ring (bicyclic) bond motifs is 1. The summed E-state index contributed by atoms with van der Waals surface area (Å²) in [5.41, 5.74) is 7.12. The van der Waals surface area contributed by atoms with Crippen LogP contribution in [0.25, 0.3) is 0 Å². The molecule has 0 aliphatic carbocycles. The van der Waals surface area contributed by atoms with E-state index in [0.29, 0.717) is 11.3 Å². The first kappa shape index (κ1) is 11.3. The second-order valence-electron chi connectivity index (χ2n) is 4.06. The van der Waals surface area contributed by atoms with Crippen molar-refractivity contribution in [2.45, 2.75) is 25.7 Å². The number of rotatable bonds is 2. The zero-order valence-electron chi connectivity index (χ0n) is 9.60. The summed E-state index contributed by atoms with van der Waals surface area (Å²) >= 11 is 0. The third-order valence-electron chi connectivity index (χ3n) is 2.90. The van der Waals surface area contributed by atoms with Gasteiger partial charge in [0.2, 0.25) is 5.88 Å². The van der Waals surface area contributed by atoms with Crippen LogP contribution in [-0.4, -0.2) is 5.11 Å². The minimum atomic E-state index is -0.0330. The van der Waals surface area contributed by atoms with Crippen molar-refractivity contribution < 1.29 is 9.84 Å². The maximum Gasteiger partial charge on any atom is 0.205 e. The van der Waals surface area contributed by atoms with Crippen LogP contribution in [0.4, 0.5) is 0 Å². The molecular weight excluding hydrogens is 216 g/mol. The van der Waals surface area contributed by atoms with Gasteiger partial charge in [0.15, 0.2) is 0 Å². The fourth-order valence-electron chi connectivity index (χ4n) is 2.12. The normalized spacial score (nSPS) is 18.2. The van der Waals surface area contributed by atoms with Gasteiger partial charge in [-0.2, -0.15) is 5.26 Å². The van der Waals surface area contributed by atoms with Crippen LogP contribution in [-0.2, 0) is 0 Å². The number of ether oxygens (including phenoxy) is 1. The first-order valence-electron chi connectivity index (χ1n) is 5.57. The van der Waals surface area contributed by atoms with Crippen molar-refractivity contribution in [3.05, 3.63) is 35.2 Å². The van der Waals surface area contributed by atoms with Crippen molar-refractivity contribution in [1.82, 2.24) is 0 Å². The summed E-state index contributed by atoms with van der Waals surface area (Å²) in [4.78, 5) is 0. The summed E-state index contributed by atoms with van der Waals surface area (Å²) in [6.45, 7) is 2.06. The van der Waals surface area contributed by atoms with Gasteiger partial charge in [0.25, 0.3) is 0 Å². The van der Waals surface area contributed by atoms with E-state index in [0.717, 1.165) is 18.4 Å². The van der Waals surface area contributed by atoms with E-state index >= 15 is 0 Å². The molecule has 0 saturated carbocycles. The molecule has 1 aliphatic heterocycles. The number of nitrogens with zero attached hydrogens (tertiary/aromatic N) is 1. The lowest BCUT2D eigenvalue weighted by Crippen LogP contribution is -2.20.